The molecule has 2 heterocycles. The third kappa shape index (κ3) is 2.39. The molecule has 0 radical (unpaired) electrons. The second kappa shape index (κ2) is 4.83. The fourth-order valence-electron chi connectivity index (χ4n) is 1.97. The summed E-state index contributed by atoms with van der Waals surface area (Å²) >= 11 is 0. The third-order valence-corrected chi connectivity index (χ3v) is 2.90. The highest BCUT2D eigenvalue weighted by Gasteiger charge is 2.15. The highest BCUT2D eigenvalue weighted by Crippen LogP contribution is 2.24. The molecule has 0 amide bonds. The van der Waals surface area contributed by atoms with Crippen LogP contribution in [0, 0.1) is 23.0 Å². The average Bonchev–Trinajstić information content (AvgIpc) is 3.03. The summed E-state index contributed by atoms with van der Waals surface area (Å²) in [7, 11) is 1.72. The molecule has 0 bridgehead atoms. The molecule has 0 unspecified atom stereocenters. The highest BCUT2D eigenvalue weighted by molar-refractivity contribution is 5.59. The Balaban J connectivity index is 2.03. The van der Waals surface area contributed by atoms with Crippen molar-refractivity contribution in [3.63, 3.8) is 0 Å². The molecule has 0 saturated heterocycles. The number of aryl methyl sites for hydroxylation is 1. The minimum absolute atomic E-state index is 0.0723. The molecular formula is C14H8F2N4O. The van der Waals surface area contributed by atoms with E-state index in [1.165, 1.54) is 0 Å². The molecule has 1 aromatic carbocycles. The van der Waals surface area contributed by atoms with Crippen molar-refractivity contribution in [2.24, 2.45) is 7.05 Å². The van der Waals surface area contributed by atoms with Gasteiger partial charge >= 0.3 is 0 Å². The summed E-state index contributed by atoms with van der Waals surface area (Å²) < 4.78 is 33.1. The first-order chi connectivity index (χ1) is 10.1. The smallest absolute Gasteiger partial charge is 0.274 e. The molecule has 21 heavy (non-hydrogen) atoms. The van der Waals surface area contributed by atoms with E-state index in [-0.39, 0.29) is 17.3 Å². The lowest BCUT2D eigenvalue weighted by Gasteiger charge is -1.96. The van der Waals surface area contributed by atoms with Crippen molar-refractivity contribution in [1.82, 2.24) is 14.7 Å². The van der Waals surface area contributed by atoms with E-state index >= 15 is 0 Å². The Hall–Kier alpha value is -3.01. The fourth-order valence-corrected chi connectivity index (χ4v) is 1.97. The third-order valence-electron chi connectivity index (χ3n) is 2.90. The molecule has 0 fully saturated rings. The van der Waals surface area contributed by atoms with Gasteiger partial charge in [0.25, 0.3) is 5.89 Å². The van der Waals surface area contributed by atoms with Gasteiger partial charge in [0.05, 0.1) is 5.56 Å². The Morgan fingerprint density at radius 3 is 2.52 bits per heavy atom. The largest absolute Gasteiger partial charge is 0.345 e. The maximum atomic E-state index is 13.2. The SMILES string of the molecule is Cn1cc(C#N)cc1-c1nc(-c2cc(F)cc(F)c2)no1. The molecule has 2 aromatic heterocycles. The van der Waals surface area contributed by atoms with Crippen LogP contribution in [-0.2, 0) is 7.05 Å². The Morgan fingerprint density at radius 1 is 1.19 bits per heavy atom. The van der Waals surface area contributed by atoms with E-state index in [0.717, 1.165) is 18.2 Å². The zero-order valence-corrected chi connectivity index (χ0v) is 10.8. The Labute approximate surface area is 118 Å². The van der Waals surface area contributed by atoms with Crippen molar-refractivity contribution >= 4 is 0 Å². The minimum atomic E-state index is -0.720. The first-order valence-electron chi connectivity index (χ1n) is 5.94. The van der Waals surface area contributed by atoms with Gasteiger partial charge in [-0.05, 0) is 18.2 Å². The summed E-state index contributed by atoms with van der Waals surface area (Å²) in [4.78, 5) is 4.10. The first kappa shape index (κ1) is 13.0. The summed E-state index contributed by atoms with van der Waals surface area (Å²) in [5, 5.41) is 12.6. The topological polar surface area (TPSA) is 67.6 Å². The lowest BCUT2D eigenvalue weighted by atomic mass is 10.2. The van der Waals surface area contributed by atoms with Crippen LogP contribution in [0.3, 0.4) is 0 Å². The van der Waals surface area contributed by atoms with Crippen molar-refractivity contribution in [2.45, 2.75) is 0 Å². The van der Waals surface area contributed by atoms with E-state index in [1.54, 1.807) is 23.9 Å². The Kier molecular flexibility index (Phi) is 2.99. The summed E-state index contributed by atoms with van der Waals surface area (Å²) in [6, 6.07) is 6.58. The van der Waals surface area contributed by atoms with Gasteiger partial charge in [0.2, 0.25) is 5.82 Å². The standard InChI is InChI=1S/C14H8F2N4O/c1-20-7-8(6-17)2-12(20)14-18-13(19-21-14)9-3-10(15)5-11(16)4-9/h2-5,7H,1H3. The van der Waals surface area contributed by atoms with Gasteiger partial charge in [0.1, 0.15) is 23.4 Å². The summed E-state index contributed by atoms with van der Waals surface area (Å²) in [5.74, 6) is -1.20. The van der Waals surface area contributed by atoms with E-state index in [4.69, 9.17) is 9.78 Å². The normalized spacial score (nSPS) is 10.6. The first-order valence-corrected chi connectivity index (χ1v) is 5.94. The predicted molar refractivity (Wildman–Crippen MR) is 68.8 cm³/mol. The van der Waals surface area contributed by atoms with Gasteiger partial charge in [-0.15, -0.1) is 0 Å². The highest BCUT2D eigenvalue weighted by atomic mass is 19.1. The van der Waals surface area contributed by atoms with Crippen molar-refractivity contribution in [1.29, 1.82) is 5.26 Å². The number of aromatic nitrogens is 3. The van der Waals surface area contributed by atoms with E-state index in [0.29, 0.717) is 11.3 Å². The van der Waals surface area contributed by atoms with Gasteiger partial charge in [-0.1, -0.05) is 5.16 Å². The molecule has 104 valence electrons. The second-order valence-electron chi connectivity index (χ2n) is 4.42. The van der Waals surface area contributed by atoms with Crippen LogP contribution in [0.2, 0.25) is 0 Å². The predicted octanol–water partition coefficient (Wildman–Crippen LogP) is 2.89. The van der Waals surface area contributed by atoms with Gasteiger partial charge in [0, 0.05) is 24.9 Å². The van der Waals surface area contributed by atoms with E-state index in [2.05, 4.69) is 10.1 Å². The van der Waals surface area contributed by atoms with E-state index in [9.17, 15) is 8.78 Å². The molecule has 0 atom stereocenters. The molecule has 0 spiro atoms. The molecule has 0 N–H and O–H groups in total. The lowest BCUT2D eigenvalue weighted by molar-refractivity contribution is 0.429. The molecule has 7 heteroatoms. The van der Waals surface area contributed by atoms with Gasteiger partial charge in [-0.3, -0.25) is 0 Å². The molecule has 0 aliphatic rings. The fraction of sp³-hybridized carbons (Fsp3) is 0.0714. The van der Waals surface area contributed by atoms with Crippen LogP contribution in [0.4, 0.5) is 8.78 Å². The Bertz CT molecular complexity index is 840. The van der Waals surface area contributed by atoms with Gasteiger partial charge in [-0.25, -0.2) is 8.78 Å². The average molecular weight is 286 g/mol. The van der Waals surface area contributed by atoms with E-state index < -0.39 is 11.6 Å². The van der Waals surface area contributed by atoms with Crippen LogP contribution in [0.5, 0.6) is 0 Å². The van der Waals surface area contributed by atoms with Crippen LogP contribution in [-0.4, -0.2) is 14.7 Å². The Morgan fingerprint density at radius 2 is 1.90 bits per heavy atom. The second-order valence-corrected chi connectivity index (χ2v) is 4.42. The van der Waals surface area contributed by atoms with Crippen LogP contribution < -0.4 is 0 Å². The van der Waals surface area contributed by atoms with Crippen molar-refractivity contribution < 1.29 is 13.3 Å². The molecule has 0 saturated carbocycles. The van der Waals surface area contributed by atoms with Crippen molar-refractivity contribution in [2.75, 3.05) is 0 Å². The molecule has 3 rings (SSSR count). The van der Waals surface area contributed by atoms with Crippen LogP contribution in [0.1, 0.15) is 5.56 Å². The van der Waals surface area contributed by atoms with Gasteiger partial charge in [0.15, 0.2) is 0 Å². The zero-order chi connectivity index (χ0) is 15.0. The molecule has 0 aliphatic heterocycles. The molecule has 0 aliphatic carbocycles. The van der Waals surface area contributed by atoms with Crippen molar-refractivity contribution in [3.05, 3.63) is 47.7 Å². The number of rotatable bonds is 2. The number of halogens is 2. The molecule has 5 nitrogen and oxygen atoms in total. The molecule has 3 aromatic rings. The molecular weight excluding hydrogens is 278 g/mol. The van der Waals surface area contributed by atoms with Crippen LogP contribution in [0.15, 0.2) is 35.0 Å². The minimum Gasteiger partial charge on any atom is -0.345 e. The maximum absolute atomic E-state index is 13.2. The number of hydrogen-bond donors (Lipinski definition) is 0. The summed E-state index contributed by atoms with van der Waals surface area (Å²) in [6.07, 6.45) is 1.61. The monoisotopic (exact) mass is 286 g/mol. The zero-order valence-electron chi connectivity index (χ0n) is 10.8. The van der Waals surface area contributed by atoms with Crippen molar-refractivity contribution in [3.8, 4) is 29.0 Å². The maximum Gasteiger partial charge on any atom is 0.274 e. The van der Waals surface area contributed by atoms with Crippen LogP contribution in [0.25, 0.3) is 23.0 Å². The number of benzene rings is 1. The van der Waals surface area contributed by atoms with Gasteiger partial charge < -0.3 is 9.09 Å². The lowest BCUT2D eigenvalue weighted by Crippen LogP contribution is -1.89. The quantitative estimate of drug-likeness (QED) is 0.726. The van der Waals surface area contributed by atoms with Crippen LogP contribution >= 0.6 is 0 Å². The summed E-state index contributed by atoms with van der Waals surface area (Å²) in [6.45, 7) is 0. The van der Waals surface area contributed by atoms with Gasteiger partial charge in [-0.2, -0.15) is 10.2 Å². The number of nitriles is 1. The number of hydrogen-bond acceptors (Lipinski definition) is 4. The number of nitrogens with zero attached hydrogens (tertiary/aromatic N) is 4. The van der Waals surface area contributed by atoms with E-state index in [1.807, 2.05) is 6.07 Å². The summed E-state index contributed by atoms with van der Waals surface area (Å²) in [5.41, 5.74) is 1.17.